The Morgan fingerprint density at radius 1 is 1.22 bits per heavy atom. The van der Waals surface area contributed by atoms with Gasteiger partial charge in [-0.2, -0.15) is 5.10 Å². The van der Waals surface area contributed by atoms with E-state index in [1.54, 1.807) is 0 Å². The van der Waals surface area contributed by atoms with Gasteiger partial charge in [0.1, 0.15) is 0 Å². The first-order valence-corrected chi connectivity index (χ1v) is 9.92. The highest BCUT2D eigenvalue weighted by Crippen LogP contribution is 2.32. The van der Waals surface area contributed by atoms with Crippen LogP contribution in [0.25, 0.3) is 0 Å². The SMILES string of the molecule is Cn1ncc2c1CCC[C@@H]2NC(=O)N1CCC([C@H](O)c2ccccc2)CC1. The van der Waals surface area contributed by atoms with Crippen LogP contribution in [-0.4, -0.2) is 38.9 Å². The number of benzene rings is 1. The van der Waals surface area contributed by atoms with E-state index in [9.17, 15) is 9.90 Å². The quantitative estimate of drug-likeness (QED) is 0.875. The molecule has 0 bridgehead atoms. The summed E-state index contributed by atoms with van der Waals surface area (Å²) in [5.74, 6) is 0.205. The average molecular weight is 368 g/mol. The van der Waals surface area contributed by atoms with Crippen LogP contribution >= 0.6 is 0 Å². The van der Waals surface area contributed by atoms with Gasteiger partial charge >= 0.3 is 6.03 Å². The molecule has 6 heteroatoms. The molecule has 2 N–H and O–H groups in total. The summed E-state index contributed by atoms with van der Waals surface area (Å²) >= 11 is 0. The van der Waals surface area contributed by atoms with Crippen LogP contribution in [-0.2, 0) is 13.5 Å². The highest BCUT2D eigenvalue weighted by atomic mass is 16.3. The Hall–Kier alpha value is -2.34. The number of hydrogen-bond acceptors (Lipinski definition) is 3. The minimum absolute atomic E-state index is 0.00403. The maximum Gasteiger partial charge on any atom is 0.317 e. The van der Waals surface area contributed by atoms with Crippen LogP contribution in [0.2, 0.25) is 0 Å². The number of likely N-dealkylation sites (tertiary alicyclic amines) is 1. The lowest BCUT2D eigenvalue weighted by Crippen LogP contribution is -2.46. The molecule has 6 nitrogen and oxygen atoms in total. The molecule has 2 aliphatic rings. The lowest BCUT2D eigenvalue weighted by atomic mass is 9.87. The number of piperidine rings is 1. The summed E-state index contributed by atoms with van der Waals surface area (Å²) in [4.78, 5) is 14.6. The number of hydrogen-bond donors (Lipinski definition) is 2. The van der Waals surface area contributed by atoms with E-state index in [-0.39, 0.29) is 18.0 Å². The molecule has 1 aliphatic carbocycles. The normalized spacial score (nSPS) is 21.6. The Bertz CT molecular complexity index is 781. The molecule has 144 valence electrons. The molecule has 4 rings (SSSR count). The second-order valence-corrected chi connectivity index (χ2v) is 7.74. The van der Waals surface area contributed by atoms with Gasteiger partial charge in [0.25, 0.3) is 0 Å². The van der Waals surface area contributed by atoms with Crippen molar-refractivity contribution in [1.29, 1.82) is 0 Å². The van der Waals surface area contributed by atoms with Crippen LogP contribution in [0.4, 0.5) is 4.79 Å². The van der Waals surface area contributed by atoms with E-state index in [0.29, 0.717) is 13.1 Å². The van der Waals surface area contributed by atoms with E-state index in [2.05, 4.69) is 10.4 Å². The summed E-state index contributed by atoms with van der Waals surface area (Å²) in [5.41, 5.74) is 3.36. The fraction of sp³-hybridized carbons (Fsp3) is 0.524. The third kappa shape index (κ3) is 3.72. The zero-order valence-electron chi connectivity index (χ0n) is 15.8. The van der Waals surface area contributed by atoms with Crippen LogP contribution in [0.1, 0.15) is 54.6 Å². The van der Waals surface area contributed by atoms with E-state index < -0.39 is 6.10 Å². The van der Waals surface area contributed by atoms with E-state index in [0.717, 1.165) is 43.2 Å². The fourth-order valence-electron chi connectivity index (χ4n) is 4.44. The Kier molecular flexibility index (Phi) is 5.16. The summed E-state index contributed by atoms with van der Waals surface area (Å²) in [6.45, 7) is 1.38. The van der Waals surface area contributed by atoms with Gasteiger partial charge in [-0.3, -0.25) is 4.68 Å². The van der Waals surface area contributed by atoms with Crippen LogP contribution in [0, 0.1) is 5.92 Å². The number of aliphatic hydroxyl groups is 1. The van der Waals surface area contributed by atoms with Crippen LogP contribution in [0.3, 0.4) is 0 Å². The molecule has 2 atom stereocenters. The molecule has 1 saturated heterocycles. The summed E-state index contributed by atoms with van der Waals surface area (Å²) in [7, 11) is 1.96. The highest BCUT2D eigenvalue weighted by Gasteiger charge is 2.30. The molecule has 1 aliphatic heterocycles. The van der Waals surface area contributed by atoms with Crippen molar-refractivity contribution in [3.8, 4) is 0 Å². The van der Waals surface area contributed by atoms with Gasteiger partial charge in [0.15, 0.2) is 0 Å². The number of aliphatic hydroxyl groups excluding tert-OH is 1. The minimum Gasteiger partial charge on any atom is -0.388 e. The molecule has 2 heterocycles. The van der Waals surface area contributed by atoms with Gasteiger partial charge in [0.05, 0.1) is 18.3 Å². The molecule has 0 spiro atoms. The Morgan fingerprint density at radius 3 is 2.70 bits per heavy atom. The van der Waals surface area contributed by atoms with Crippen molar-refractivity contribution in [2.75, 3.05) is 13.1 Å². The van der Waals surface area contributed by atoms with Gasteiger partial charge in [0, 0.05) is 31.4 Å². The summed E-state index contributed by atoms with van der Waals surface area (Å²) in [5, 5.41) is 18.2. The van der Waals surface area contributed by atoms with Gasteiger partial charge in [-0.05, 0) is 43.6 Å². The molecule has 0 radical (unpaired) electrons. The van der Waals surface area contributed by atoms with Crippen LogP contribution in [0.5, 0.6) is 0 Å². The smallest absolute Gasteiger partial charge is 0.317 e. The van der Waals surface area contributed by atoms with Crippen LogP contribution in [0.15, 0.2) is 36.5 Å². The van der Waals surface area contributed by atoms with E-state index >= 15 is 0 Å². The molecule has 0 saturated carbocycles. The van der Waals surface area contributed by atoms with Crippen molar-refractivity contribution in [1.82, 2.24) is 20.0 Å². The number of carbonyl (C=O) groups excluding carboxylic acids is 1. The summed E-state index contributed by atoms with van der Waals surface area (Å²) < 4.78 is 1.92. The number of fused-ring (bicyclic) bond motifs is 1. The van der Waals surface area contributed by atoms with Gasteiger partial charge in [0.2, 0.25) is 0 Å². The number of aryl methyl sites for hydroxylation is 1. The molecule has 0 unspecified atom stereocenters. The van der Waals surface area contributed by atoms with Gasteiger partial charge in [-0.25, -0.2) is 4.79 Å². The highest BCUT2D eigenvalue weighted by molar-refractivity contribution is 5.75. The lowest BCUT2D eigenvalue weighted by molar-refractivity contribution is 0.0660. The number of rotatable bonds is 3. The average Bonchev–Trinajstić information content (AvgIpc) is 3.10. The molecule has 1 aromatic carbocycles. The molecule has 2 amide bonds. The zero-order chi connectivity index (χ0) is 18.8. The van der Waals surface area contributed by atoms with E-state index in [1.807, 2.05) is 53.2 Å². The number of amides is 2. The topological polar surface area (TPSA) is 70.4 Å². The minimum atomic E-state index is -0.451. The Balaban J connectivity index is 1.33. The Morgan fingerprint density at radius 2 is 1.96 bits per heavy atom. The number of urea groups is 1. The number of aromatic nitrogens is 2. The predicted molar refractivity (Wildman–Crippen MR) is 103 cm³/mol. The van der Waals surface area contributed by atoms with E-state index in [1.165, 1.54) is 5.69 Å². The number of nitrogens with zero attached hydrogens (tertiary/aromatic N) is 3. The maximum atomic E-state index is 12.8. The second kappa shape index (κ2) is 7.72. The zero-order valence-corrected chi connectivity index (χ0v) is 15.8. The number of carbonyl (C=O) groups is 1. The molecular weight excluding hydrogens is 340 g/mol. The van der Waals surface area contributed by atoms with Gasteiger partial charge < -0.3 is 15.3 Å². The molecule has 1 fully saturated rings. The maximum absolute atomic E-state index is 12.8. The molecule has 1 aromatic heterocycles. The third-order valence-electron chi connectivity index (χ3n) is 6.09. The van der Waals surface area contributed by atoms with E-state index in [4.69, 9.17) is 0 Å². The summed E-state index contributed by atoms with van der Waals surface area (Å²) in [6.07, 6.45) is 6.16. The molecular formula is C21H28N4O2. The van der Waals surface area contributed by atoms with Crippen molar-refractivity contribution < 1.29 is 9.90 Å². The van der Waals surface area contributed by atoms with Gasteiger partial charge in [-0.15, -0.1) is 0 Å². The van der Waals surface area contributed by atoms with Gasteiger partial charge in [-0.1, -0.05) is 30.3 Å². The first kappa shape index (κ1) is 18.0. The monoisotopic (exact) mass is 368 g/mol. The first-order chi connectivity index (χ1) is 13.1. The largest absolute Gasteiger partial charge is 0.388 e. The fourth-order valence-corrected chi connectivity index (χ4v) is 4.44. The summed E-state index contributed by atoms with van der Waals surface area (Å²) in [6, 6.07) is 9.88. The first-order valence-electron chi connectivity index (χ1n) is 9.92. The van der Waals surface area contributed by atoms with Crippen LogP contribution < -0.4 is 5.32 Å². The van der Waals surface area contributed by atoms with Crippen molar-refractivity contribution in [3.05, 3.63) is 53.3 Å². The van der Waals surface area contributed by atoms with Crippen molar-refractivity contribution in [2.45, 2.75) is 44.2 Å². The van der Waals surface area contributed by atoms with Crippen molar-refractivity contribution in [3.63, 3.8) is 0 Å². The predicted octanol–water partition coefficient (Wildman–Crippen LogP) is 2.95. The second-order valence-electron chi connectivity index (χ2n) is 7.74. The molecule has 2 aromatic rings. The Labute approximate surface area is 160 Å². The standard InChI is InChI=1S/C21H28N4O2/c1-24-19-9-5-8-18(17(19)14-22-24)23-21(27)25-12-10-16(11-13-25)20(26)15-6-3-2-4-7-15/h2-4,6-7,14,16,18,20,26H,5,8-13H2,1H3,(H,23,27)/t18-,20+/m0/s1. The third-order valence-corrected chi connectivity index (χ3v) is 6.09. The van der Waals surface area contributed by atoms with Crippen molar-refractivity contribution in [2.24, 2.45) is 13.0 Å². The molecule has 27 heavy (non-hydrogen) atoms. The van der Waals surface area contributed by atoms with Crippen molar-refractivity contribution >= 4 is 6.03 Å². The number of nitrogens with one attached hydrogen (secondary N) is 1. The lowest BCUT2D eigenvalue weighted by Gasteiger charge is -2.35.